The fourth-order valence-corrected chi connectivity index (χ4v) is 3.65. The molecule has 0 radical (unpaired) electrons. The van der Waals surface area contributed by atoms with Crippen molar-refractivity contribution in [2.24, 2.45) is 11.7 Å². The van der Waals surface area contributed by atoms with Crippen LogP contribution in [0.1, 0.15) is 44.9 Å². The molecular formula is C18H26ClN3O2. The van der Waals surface area contributed by atoms with E-state index in [0.717, 1.165) is 43.6 Å². The van der Waals surface area contributed by atoms with E-state index in [1.165, 1.54) is 6.42 Å². The van der Waals surface area contributed by atoms with Crippen molar-refractivity contribution in [1.29, 1.82) is 0 Å². The van der Waals surface area contributed by atoms with E-state index in [1.54, 1.807) is 4.90 Å². The van der Waals surface area contributed by atoms with Crippen LogP contribution in [0.4, 0.5) is 11.4 Å². The first-order valence-corrected chi connectivity index (χ1v) is 8.60. The van der Waals surface area contributed by atoms with Gasteiger partial charge < -0.3 is 16.0 Å². The number of nitrogens with one attached hydrogen (secondary N) is 1. The zero-order chi connectivity index (χ0) is 16.2. The number of nitrogens with two attached hydrogens (primary N) is 1. The lowest BCUT2D eigenvalue weighted by atomic mass is 9.83. The molecule has 1 aliphatic carbocycles. The number of amides is 2. The Labute approximate surface area is 149 Å². The van der Waals surface area contributed by atoms with Gasteiger partial charge in [-0.2, -0.15) is 0 Å². The lowest BCUT2D eigenvalue weighted by molar-refractivity contribution is -0.118. The number of benzene rings is 1. The quantitative estimate of drug-likeness (QED) is 0.875. The van der Waals surface area contributed by atoms with Gasteiger partial charge in [0.05, 0.1) is 11.4 Å². The number of halogens is 1. The molecule has 0 aromatic heterocycles. The number of nitrogens with zero attached hydrogens (tertiary/aromatic N) is 1. The van der Waals surface area contributed by atoms with Gasteiger partial charge in [-0.25, -0.2) is 0 Å². The molecule has 2 atom stereocenters. The van der Waals surface area contributed by atoms with Gasteiger partial charge in [-0.05, 0) is 37.3 Å². The Bertz CT molecular complexity index is 593. The van der Waals surface area contributed by atoms with Gasteiger partial charge in [0.25, 0.3) is 0 Å². The SMILES string of the molecule is Cl.NC1CCCCC1CC(=O)Nc1ccccc1N1CCCC1=O. The van der Waals surface area contributed by atoms with Crippen LogP contribution in [-0.2, 0) is 9.59 Å². The Morgan fingerprint density at radius 1 is 1.21 bits per heavy atom. The second kappa shape index (κ2) is 8.49. The highest BCUT2D eigenvalue weighted by atomic mass is 35.5. The van der Waals surface area contributed by atoms with Crippen molar-refractivity contribution in [2.75, 3.05) is 16.8 Å². The molecule has 0 spiro atoms. The van der Waals surface area contributed by atoms with Crippen LogP contribution in [0.2, 0.25) is 0 Å². The Morgan fingerprint density at radius 2 is 1.96 bits per heavy atom. The highest BCUT2D eigenvalue weighted by Crippen LogP contribution is 2.30. The molecule has 1 saturated heterocycles. The largest absolute Gasteiger partial charge is 0.327 e. The van der Waals surface area contributed by atoms with Crippen LogP contribution in [0.5, 0.6) is 0 Å². The Hall–Kier alpha value is -1.59. The number of rotatable bonds is 4. The van der Waals surface area contributed by atoms with E-state index in [4.69, 9.17) is 5.73 Å². The second-order valence-electron chi connectivity index (χ2n) is 6.63. The first-order chi connectivity index (χ1) is 11.1. The van der Waals surface area contributed by atoms with E-state index in [-0.39, 0.29) is 36.2 Å². The number of carbonyl (C=O) groups is 2. The molecule has 0 bridgehead atoms. The van der Waals surface area contributed by atoms with E-state index in [9.17, 15) is 9.59 Å². The summed E-state index contributed by atoms with van der Waals surface area (Å²) in [5, 5.41) is 2.99. The van der Waals surface area contributed by atoms with Gasteiger partial charge in [-0.3, -0.25) is 9.59 Å². The summed E-state index contributed by atoms with van der Waals surface area (Å²) in [5.74, 6) is 0.386. The molecule has 3 N–H and O–H groups in total. The zero-order valence-corrected chi connectivity index (χ0v) is 14.7. The minimum absolute atomic E-state index is 0. The van der Waals surface area contributed by atoms with Crippen LogP contribution in [0.25, 0.3) is 0 Å². The molecule has 2 fully saturated rings. The molecule has 24 heavy (non-hydrogen) atoms. The fourth-order valence-electron chi connectivity index (χ4n) is 3.65. The number of carbonyl (C=O) groups excluding carboxylic acids is 2. The summed E-state index contributed by atoms with van der Waals surface area (Å²) < 4.78 is 0. The summed E-state index contributed by atoms with van der Waals surface area (Å²) in [7, 11) is 0. The zero-order valence-electron chi connectivity index (χ0n) is 13.9. The topological polar surface area (TPSA) is 75.4 Å². The van der Waals surface area contributed by atoms with Crippen LogP contribution in [-0.4, -0.2) is 24.4 Å². The molecule has 1 saturated carbocycles. The van der Waals surface area contributed by atoms with Gasteiger partial charge in [0.1, 0.15) is 0 Å². The molecule has 5 nitrogen and oxygen atoms in total. The van der Waals surface area contributed by atoms with Crippen molar-refractivity contribution in [2.45, 2.75) is 51.0 Å². The maximum atomic E-state index is 12.4. The molecule has 2 amide bonds. The van der Waals surface area contributed by atoms with E-state index in [1.807, 2.05) is 24.3 Å². The van der Waals surface area contributed by atoms with E-state index in [0.29, 0.717) is 12.8 Å². The minimum Gasteiger partial charge on any atom is -0.327 e. The average Bonchev–Trinajstić information content (AvgIpc) is 2.96. The number of hydrogen-bond acceptors (Lipinski definition) is 3. The Morgan fingerprint density at radius 3 is 2.67 bits per heavy atom. The van der Waals surface area contributed by atoms with Crippen LogP contribution in [0.15, 0.2) is 24.3 Å². The summed E-state index contributed by atoms with van der Waals surface area (Å²) in [5.41, 5.74) is 7.66. The molecule has 1 aliphatic heterocycles. The van der Waals surface area contributed by atoms with Gasteiger partial charge in [0.15, 0.2) is 0 Å². The maximum Gasteiger partial charge on any atom is 0.227 e. The van der Waals surface area contributed by atoms with Crippen molar-refractivity contribution in [3.63, 3.8) is 0 Å². The van der Waals surface area contributed by atoms with Gasteiger partial charge >= 0.3 is 0 Å². The predicted octanol–water partition coefficient (Wildman–Crippen LogP) is 3.08. The van der Waals surface area contributed by atoms with Crippen LogP contribution < -0.4 is 16.0 Å². The van der Waals surface area contributed by atoms with Gasteiger partial charge in [-0.1, -0.05) is 25.0 Å². The molecule has 1 aromatic carbocycles. The highest BCUT2D eigenvalue weighted by Gasteiger charge is 2.26. The number of para-hydroxylation sites is 2. The second-order valence-corrected chi connectivity index (χ2v) is 6.63. The third kappa shape index (κ3) is 4.28. The standard InChI is InChI=1S/C18H25N3O2.ClH/c19-14-7-2-1-6-13(14)12-17(22)20-15-8-3-4-9-16(15)21-11-5-10-18(21)23;/h3-4,8-9,13-14H,1-2,5-7,10-12,19H2,(H,20,22);1H. The molecule has 1 aromatic rings. The lowest BCUT2D eigenvalue weighted by Gasteiger charge is -2.28. The van der Waals surface area contributed by atoms with Crippen molar-refractivity contribution in [1.82, 2.24) is 0 Å². The third-order valence-electron chi connectivity index (χ3n) is 4.96. The van der Waals surface area contributed by atoms with Gasteiger partial charge in [-0.15, -0.1) is 12.4 Å². The summed E-state index contributed by atoms with van der Waals surface area (Å²) >= 11 is 0. The first-order valence-electron chi connectivity index (χ1n) is 8.60. The van der Waals surface area contributed by atoms with E-state index >= 15 is 0 Å². The maximum absolute atomic E-state index is 12.4. The van der Waals surface area contributed by atoms with Gasteiger partial charge in [0.2, 0.25) is 11.8 Å². The minimum atomic E-state index is -0.00792. The fraction of sp³-hybridized carbons (Fsp3) is 0.556. The lowest BCUT2D eigenvalue weighted by Crippen LogP contribution is -2.35. The average molecular weight is 352 g/mol. The first kappa shape index (κ1) is 18.7. The summed E-state index contributed by atoms with van der Waals surface area (Å²) in [6.07, 6.45) is 6.28. The molecule has 2 unspecified atom stereocenters. The predicted molar refractivity (Wildman–Crippen MR) is 98.5 cm³/mol. The number of anilines is 2. The smallest absolute Gasteiger partial charge is 0.227 e. The molecule has 2 aliphatic rings. The Kier molecular flexibility index (Phi) is 6.63. The number of hydrogen-bond donors (Lipinski definition) is 2. The summed E-state index contributed by atoms with van der Waals surface area (Å²) in [6.45, 7) is 0.721. The van der Waals surface area contributed by atoms with Crippen LogP contribution in [0, 0.1) is 5.92 Å². The third-order valence-corrected chi connectivity index (χ3v) is 4.96. The molecule has 132 valence electrons. The normalized spacial score (nSPS) is 23.7. The van der Waals surface area contributed by atoms with Crippen molar-refractivity contribution < 1.29 is 9.59 Å². The molecular weight excluding hydrogens is 326 g/mol. The Balaban J connectivity index is 0.00000208. The molecule has 6 heteroatoms. The summed E-state index contributed by atoms with van der Waals surface area (Å²) in [6, 6.07) is 7.66. The highest BCUT2D eigenvalue weighted by molar-refractivity contribution is 6.02. The van der Waals surface area contributed by atoms with Gasteiger partial charge in [0, 0.05) is 25.4 Å². The van der Waals surface area contributed by atoms with E-state index in [2.05, 4.69) is 5.32 Å². The van der Waals surface area contributed by atoms with Crippen LogP contribution >= 0.6 is 12.4 Å². The van der Waals surface area contributed by atoms with Crippen molar-refractivity contribution in [3.8, 4) is 0 Å². The molecule has 1 heterocycles. The van der Waals surface area contributed by atoms with Crippen LogP contribution in [0.3, 0.4) is 0 Å². The van der Waals surface area contributed by atoms with Crippen molar-refractivity contribution >= 4 is 35.6 Å². The summed E-state index contributed by atoms with van der Waals surface area (Å²) in [4.78, 5) is 26.1. The van der Waals surface area contributed by atoms with E-state index < -0.39 is 0 Å². The monoisotopic (exact) mass is 351 g/mol. The molecule has 3 rings (SSSR count). The van der Waals surface area contributed by atoms with Crippen molar-refractivity contribution in [3.05, 3.63) is 24.3 Å².